The Morgan fingerprint density at radius 2 is 1.33 bits per heavy atom. The van der Waals surface area contributed by atoms with Crippen LogP contribution in [0.4, 0.5) is 17.1 Å². The maximum Gasteiger partial charge on any atom is 0.247 e. The number of fused-ring (bicyclic) bond motifs is 13. The molecule has 1 aliphatic heterocycles. The molecule has 0 fully saturated rings. The number of nitrogens with one attached hydrogen (secondary N) is 1. The Kier molecular flexibility index (Phi) is 8.51. The highest BCUT2D eigenvalue weighted by Gasteiger charge is 2.41. The summed E-state index contributed by atoms with van der Waals surface area (Å²) in [6.45, 7) is 14.3. The number of furan rings is 2. The highest BCUT2D eigenvalue weighted by Crippen LogP contribution is 2.53. The molecule has 1 N–H and O–H groups in total. The average molecular weight is 856 g/mol. The van der Waals surface area contributed by atoms with Crippen LogP contribution in [-0.4, -0.2) is 12.3 Å². The molecule has 11 aromatic rings. The predicted octanol–water partition coefficient (Wildman–Crippen LogP) is 16.1. The van der Waals surface area contributed by atoms with Crippen LogP contribution in [0.15, 0.2) is 154 Å². The molecule has 8 aromatic carbocycles. The zero-order valence-electron chi connectivity index (χ0n) is 38.6. The molecule has 1 radical (unpaired) electrons. The fraction of sp³-hybridized carbons (Fsp3) is 0.213. The van der Waals surface area contributed by atoms with E-state index in [0.717, 1.165) is 109 Å². The van der Waals surface area contributed by atoms with Gasteiger partial charge in [0.25, 0.3) is 0 Å². The van der Waals surface area contributed by atoms with Crippen molar-refractivity contribution in [1.29, 1.82) is 0 Å². The smallest absolute Gasteiger partial charge is 0.247 e. The van der Waals surface area contributed by atoms with Crippen LogP contribution in [0.2, 0.25) is 0 Å². The van der Waals surface area contributed by atoms with E-state index in [1.54, 1.807) is 0 Å². The van der Waals surface area contributed by atoms with Gasteiger partial charge in [-0.3, -0.25) is 0 Å². The number of aromatic amines is 1. The van der Waals surface area contributed by atoms with Crippen molar-refractivity contribution >= 4 is 101 Å². The second kappa shape index (κ2) is 14.3. The van der Waals surface area contributed by atoms with Gasteiger partial charge in [-0.25, -0.2) is 0 Å². The molecule has 4 heterocycles. The summed E-state index contributed by atoms with van der Waals surface area (Å²) >= 11 is 0. The van der Waals surface area contributed by atoms with Gasteiger partial charge in [0, 0.05) is 43.6 Å². The van der Waals surface area contributed by atoms with E-state index in [9.17, 15) is 0 Å². The van der Waals surface area contributed by atoms with Crippen LogP contribution < -0.4 is 16.0 Å². The van der Waals surface area contributed by atoms with E-state index in [4.69, 9.17) is 8.83 Å². The molecule has 321 valence electrons. The summed E-state index contributed by atoms with van der Waals surface area (Å²) in [4.78, 5) is 6.46. The van der Waals surface area contributed by atoms with Crippen molar-refractivity contribution in [3.8, 4) is 22.3 Å². The van der Waals surface area contributed by atoms with E-state index in [0.29, 0.717) is 5.92 Å². The largest absolute Gasteiger partial charge is 0.469 e. The van der Waals surface area contributed by atoms with Crippen molar-refractivity contribution in [3.63, 3.8) is 0 Å². The number of hydrogen-bond donors (Lipinski definition) is 1. The number of hydrogen-bond acceptors (Lipinski definition) is 3. The van der Waals surface area contributed by atoms with E-state index >= 15 is 0 Å². The first-order valence-electron chi connectivity index (χ1n) is 23.9. The van der Waals surface area contributed by atoms with E-state index in [-0.39, 0.29) is 10.8 Å². The van der Waals surface area contributed by atoms with Crippen LogP contribution in [0.1, 0.15) is 89.8 Å². The predicted molar refractivity (Wildman–Crippen MR) is 280 cm³/mol. The van der Waals surface area contributed by atoms with Gasteiger partial charge in [0.1, 0.15) is 11.2 Å². The minimum Gasteiger partial charge on any atom is -0.469 e. The maximum atomic E-state index is 7.27. The number of rotatable bonds is 6. The Labute approximate surface area is 386 Å². The molecule has 0 amide bonds. The Morgan fingerprint density at radius 3 is 2.14 bits per heavy atom. The third-order valence-corrected chi connectivity index (χ3v) is 15.5. The third kappa shape index (κ3) is 5.78. The standard InChI is InChI=1S/C61H52BN2O2/c1-7-16-35(2)37-25-26-51(43(29-37)36-17-9-8-10-18-36)64-56-47-33-48-49(61(5,6)28-27-60(48,3)4)34-53(47)66-59(56)62-54-45(32-46-40-21-13-14-24-52(40)65-58(46)57(54)64)42-23-15-22-41-44-30-38-19-11-12-20-39(38)31-50(44)63-55(41)42/h8-15,17-26,29-35,63H,7,16,27-28H2,1-6H3/t35-/m0/s1. The Hall–Kier alpha value is -6.98. The molecule has 0 saturated carbocycles. The average Bonchev–Trinajstić information content (AvgIpc) is 4.02. The highest BCUT2D eigenvalue weighted by atomic mass is 16.3. The van der Waals surface area contributed by atoms with Crippen LogP contribution in [0.3, 0.4) is 0 Å². The minimum atomic E-state index is 0.0138. The lowest BCUT2D eigenvalue weighted by molar-refractivity contribution is 0.332. The van der Waals surface area contributed by atoms with E-state index < -0.39 is 0 Å². The van der Waals surface area contributed by atoms with E-state index in [1.807, 2.05) is 0 Å². The minimum absolute atomic E-state index is 0.0138. The number of para-hydroxylation sites is 2. The molecule has 2 aliphatic rings. The molecule has 0 unspecified atom stereocenters. The molecule has 4 nitrogen and oxygen atoms in total. The normalized spacial score (nSPS) is 15.7. The topological polar surface area (TPSA) is 45.3 Å². The van der Waals surface area contributed by atoms with Gasteiger partial charge < -0.3 is 18.7 Å². The summed E-state index contributed by atoms with van der Waals surface area (Å²) in [5.41, 5.74) is 18.8. The summed E-state index contributed by atoms with van der Waals surface area (Å²) in [5, 5.41) is 8.19. The third-order valence-electron chi connectivity index (χ3n) is 15.5. The monoisotopic (exact) mass is 855 g/mol. The highest BCUT2D eigenvalue weighted by molar-refractivity contribution is 6.73. The number of H-pyrrole nitrogens is 1. The molecule has 3 aromatic heterocycles. The second-order valence-electron chi connectivity index (χ2n) is 20.5. The van der Waals surface area contributed by atoms with Crippen molar-refractivity contribution in [3.05, 3.63) is 162 Å². The SMILES string of the molecule is CCC[C@H](C)c1ccc(N2c3c(oc4cc5c(cc34)C(C)(C)CCC5(C)C)[B]c3c(-c4cccc5c4[nH]c4cc6ccccc6cc45)cc4c(oc5ccccc54)c32)c(-c2ccccc2)c1. The van der Waals surface area contributed by atoms with Crippen LogP contribution in [-0.2, 0) is 10.8 Å². The summed E-state index contributed by atoms with van der Waals surface area (Å²) in [6, 6.07) is 53.9. The Balaban J connectivity index is 1.17. The zero-order valence-corrected chi connectivity index (χ0v) is 38.6. The van der Waals surface area contributed by atoms with Gasteiger partial charge in [-0.1, -0.05) is 145 Å². The first kappa shape index (κ1) is 39.4. The van der Waals surface area contributed by atoms with Crippen LogP contribution in [0.5, 0.6) is 0 Å². The van der Waals surface area contributed by atoms with E-state index in [2.05, 4.69) is 204 Å². The fourth-order valence-corrected chi connectivity index (χ4v) is 11.8. The quantitative estimate of drug-likeness (QED) is 0.170. The molecule has 0 saturated heterocycles. The van der Waals surface area contributed by atoms with Crippen molar-refractivity contribution in [2.75, 3.05) is 4.90 Å². The summed E-state index contributed by atoms with van der Waals surface area (Å²) in [7, 11) is 2.31. The van der Waals surface area contributed by atoms with Crippen molar-refractivity contribution < 1.29 is 8.83 Å². The van der Waals surface area contributed by atoms with Crippen molar-refractivity contribution in [2.24, 2.45) is 0 Å². The lowest BCUT2D eigenvalue weighted by Gasteiger charge is -2.41. The van der Waals surface area contributed by atoms with Gasteiger partial charge in [0.05, 0.1) is 28.2 Å². The maximum absolute atomic E-state index is 7.27. The zero-order chi connectivity index (χ0) is 44.6. The molecule has 13 rings (SSSR count). The first-order chi connectivity index (χ1) is 32.1. The molecular formula is C61H52BN2O2. The van der Waals surface area contributed by atoms with Gasteiger partial charge in [-0.15, -0.1) is 0 Å². The lowest BCUT2D eigenvalue weighted by Crippen LogP contribution is -2.40. The Morgan fingerprint density at radius 1 is 0.606 bits per heavy atom. The van der Waals surface area contributed by atoms with E-state index in [1.165, 1.54) is 49.4 Å². The molecule has 1 atom stereocenters. The van der Waals surface area contributed by atoms with Crippen LogP contribution in [0, 0.1) is 0 Å². The lowest BCUT2D eigenvalue weighted by atomic mass is 9.60. The van der Waals surface area contributed by atoms with Gasteiger partial charge in [0.2, 0.25) is 7.28 Å². The molecule has 0 bridgehead atoms. The van der Waals surface area contributed by atoms with Gasteiger partial charge >= 0.3 is 0 Å². The molecule has 66 heavy (non-hydrogen) atoms. The van der Waals surface area contributed by atoms with Crippen LogP contribution >= 0.6 is 0 Å². The van der Waals surface area contributed by atoms with Gasteiger partial charge in [-0.05, 0) is 129 Å². The molecule has 1 aliphatic carbocycles. The molecular weight excluding hydrogens is 803 g/mol. The fourth-order valence-electron chi connectivity index (χ4n) is 11.8. The van der Waals surface area contributed by atoms with Gasteiger partial charge in [0.15, 0.2) is 5.58 Å². The number of aromatic nitrogens is 1. The Bertz CT molecular complexity index is 3790. The van der Waals surface area contributed by atoms with Crippen molar-refractivity contribution in [1.82, 2.24) is 4.98 Å². The number of anilines is 3. The second-order valence-corrected chi connectivity index (χ2v) is 20.5. The first-order valence-corrected chi connectivity index (χ1v) is 23.9. The molecule has 5 heteroatoms. The van der Waals surface area contributed by atoms with Gasteiger partial charge in [-0.2, -0.15) is 0 Å². The van der Waals surface area contributed by atoms with Crippen molar-refractivity contribution in [2.45, 2.75) is 84.0 Å². The molecule has 0 spiro atoms. The number of benzene rings is 8. The summed E-state index contributed by atoms with van der Waals surface area (Å²) < 4.78 is 14.4. The van der Waals surface area contributed by atoms with Crippen LogP contribution in [0.25, 0.3) is 87.7 Å². The summed E-state index contributed by atoms with van der Waals surface area (Å²) in [5.74, 6) is 0.416. The summed E-state index contributed by atoms with van der Waals surface area (Å²) in [6.07, 6.45) is 4.52. The number of nitrogens with zero attached hydrogens (tertiary/aromatic N) is 1.